The van der Waals surface area contributed by atoms with Gasteiger partial charge in [-0.1, -0.05) is 42.5 Å². The highest BCUT2D eigenvalue weighted by molar-refractivity contribution is 7.90. The van der Waals surface area contributed by atoms with Crippen molar-refractivity contribution in [3.05, 3.63) is 89.5 Å². The van der Waals surface area contributed by atoms with Crippen molar-refractivity contribution < 1.29 is 22.7 Å². The van der Waals surface area contributed by atoms with E-state index in [1.54, 1.807) is 74.6 Å². The molecule has 1 aliphatic heterocycles. The molecule has 3 aromatic rings. The third-order valence-corrected chi connectivity index (χ3v) is 8.10. The summed E-state index contributed by atoms with van der Waals surface area (Å²) in [6.45, 7) is 3.18. The van der Waals surface area contributed by atoms with E-state index in [0.29, 0.717) is 11.1 Å². The fourth-order valence-electron chi connectivity index (χ4n) is 4.64. The van der Waals surface area contributed by atoms with Crippen LogP contribution >= 0.6 is 0 Å². The van der Waals surface area contributed by atoms with Crippen LogP contribution in [0.5, 0.6) is 0 Å². The Morgan fingerprint density at radius 2 is 1.86 bits per heavy atom. The predicted octanol–water partition coefficient (Wildman–Crippen LogP) is 4.89. The van der Waals surface area contributed by atoms with Gasteiger partial charge in [-0.15, -0.1) is 4.40 Å². The zero-order valence-electron chi connectivity index (χ0n) is 19.9. The largest absolute Gasteiger partial charge is 0.472 e. The van der Waals surface area contributed by atoms with E-state index in [-0.39, 0.29) is 31.0 Å². The van der Waals surface area contributed by atoms with E-state index in [1.807, 2.05) is 6.07 Å². The van der Waals surface area contributed by atoms with Crippen molar-refractivity contribution in [2.45, 2.75) is 43.5 Å². The third-order valence-electron chi connectivity index (χ3n) is 6.20. The maximum absolute atomic E-state index is 14.4. The molecule has 1 unspecified atom stereocenters. The maximum Gasteiger partial charge on any atom is 0.267 e. The molecule has 1 aromatic heterocycles. The van der Waals surface area contributed by atoms with Crippen molar-refractivity contribution in [2.24, 2.45) is 4.40 Å². The molecule has 2 heterocycles. The molecule has 0 saturated carbocycles. The topological polar surface area (TPSA) is 113 Å². The number of ether oxygens (including phenoxy) is 1. The molecular formula is C27H26FN3O4S. The molecule has 0 saturated heterocycles. The average molecular weight is 508 g/mol. The van der Waals surface area contributed by atoms with Crippen LogP contribution in [0.2, 0.25) is 0 Å². The van der Waals surface area contributed by atoms with Gasteiger partial charge < -0.3 is 9.84 Å². The molecule has 7 nitrogen and oxygen atoms in total. The highest BCUT2D eigenvalue weighted by Gasteiger charge is 2.47. The summed E-state index contributed by atoms with van der Waals surface area (Å²) in [5.41, 5.74) is 1.63. The first kappa shape index (κ1) is 25.5. The lowest BCUT2D eigenvalue weighted by molar-refractivity contribution is 0.0797. The van der Waals surface area contributed by atoms with Crippen LogP contribution in [0.4, 0.5) is 4.39 Å². The first-order chi connectivity index (χ1) is 17.1. The summed E-state index contributed by atoms with van der Waals surface area (Å²) >= 11 is 0. The van der Waals surface area contributed by atoms with Crippen LogP contribution in [0, 0.1) is 17.1 Å². The summed E-state index contributed by atoms with van der Waals surface area (Å²) in [6, 6.07) is 18.6. The van der Waals surface area contributed by atoms with Crippen molar-refractivity contribution in [1.29, 1.82) is 5.26 Å². The number of nitrogens with zero attached hydrogens (tertiary/aromatic N) is 3. The minimum absolute atomic E-state index is 0.00427. The number of nitriles is 1. The number of halogens is 1. The Labute approximate surface area is 210 Å². The Morgan fingerprint density at radius 3 is 2.50 bits per heavy atom. The number of sulfonamides is 1. The Morgan fingerprint density at radius 1 is 1.14 bits per heavy atom. The van der Waals surface area contributed by atoms with Gasteiger partial charge >= 0.3 is 0 Å². The van der Waals surface area contributed by atoms with Crippen molar-refractivity contribution in [3.63, 3.8) is 0 Å². The standard InChI is InChI=1S/C27H26FN3O4S/c1-27(2)26(19-9-7-18(8-10-19)20-11-13-30-22(15-20)17-29)36(33,34)31-25(35-27)16-21(12-14-32)23-5-3-4-6-24(23)28/h3-11,13,15,21,26,32H,12,14,16H2,1-2H3/t21-,26?/m1/s1. The molecular weight excluding hydrogens is 481 g/mol. The number of hydrogen-bond donors (Lipinski definition) is 1. The number of aromatic nitrogens is 1. The lowest BCUT2D eigenvalue weighted by atomic mass is 9.91. The van der Waals surface area contributed by atoms with Gasteiger partial charge in [-0.05, 0) is 66.6 Å². The van der Waals surface area contributed by atoms with E-state index in [2.05, 4.69) is 9.38 Å². The summed E-state index contributed by atoms with van der Waals surface area (Å²) < 4.78 is 51.2. The monoisotopic (exact) mass is 507 g/mol. The average Bonchev–Trinajstić information content (AvgIpc) is 2.83. The first-order valence-corrected chi connectivity index (χ1v) is 13.0. The number of aliphatic hydroxyl groups is 1. The predicted molar refractivity (Wildman–Crippen MR) is 134 cm³/mol. The molecule has 0 aliphatic carbocycles. The normalized spacial score (nSPS) is 19.0. The van der Waals surface area contributed by atoms with E-state index >= 15 is 0 Å². The minimum atomic E-state index is -4.02. The fraction of sp³-hybridized carbons (Fsp3) is 0.296. The molecule has 2 aromatic carbocycles. The SMILES string of the molecule is CC1(C)OC(C[C@@H](CCO)c2ccccc2F)=NS(=O)(=O)C1c1ccc(-c2ccnc(C#N)c2)cc1. The van der Waals surface area contributed by atoms with E-state index < -0.39 is 32.6 Å². The van der Waals surface area contributed by atoms with Gasteiger partial charge in [0.25, 0.3) is 10.0 Å². The fourth-order valence-corrected chi connectivity index (χ4v) is 6.41. The van der Waals surface area contributed by atoms with E-state index in [4.69, 9.17) is 10.00 Å². The van der Waals surface area contributed by atoms with E-state index in [9.17, 15) is 17.9 Å². The van der Waals surface area contributed by atoms with Gasteiger partial charge in [0, 0.05) is 19.2 Å². The smallest absolute Gasteiger partial charge is 0.267 e. The van der Waals surface area contributed by atoms with E-state index in [0.717, 1.165) is 11.1 Å². The summed E-state index contributed by atoms with van der Waals surface area (Å²) in [5.74, 6) is -0.922. The molecule has 186 valence electrons. The molecule has 1 N–H and O–H groups in total. The van der Waals surface area contributed by atoms with Gasteiger partial charge in [0.2, 0.25) is 5.90 Å². The van der Waals surface area contributed by atoms with Crippen LogP contribution in [0.25, 0.3) is 11.1 Å². The molecule has 0 spiro atoms. The molecule has 4 rings (SSSR count). The Balaban J connectivity index is 1.63. The van der Waals surface area contributed by atoms with Crippen molar-refractivity contribution in [3.8, 4) is 17.2 Å². The van der Waals surface area contributed by atoms with Crippen LogP contribution in [0.1, 0.15) is 54.7 Å². The third kappa shape index (κ3) is 5.30. The van der Waals surface area contributed by atoms with Gasteiger partial charge in [-0.25, -0.2) is 17.8 Å². The second-order valence-corrected chi connectivity index (χ2v) is 10.9. The van der Waals surface area contributed by atoms with Gasteiger partial charge in [0.1, 0.15) is 28.4 Å². The zero-order chi connectivity index (χ0) is 25.9. The van der Waals surface area contributed by atoms with Crippen molar-refractivity contribution >= 4 is 15.9 Å². The molecule has 0 radical (unpaired) electrons. The van der Waals surface area contributed by atoms with Crippen LogP contribution < -0.4 is 0 Å². The van der Waals surface area contributed by atoms with Gasteiger partial charge in [0.05, 0.1) is 0 Å². The van der Waals surface area contributed by atoms with Crippen molar-refractivity contribution in [2.75, 3.05) is 6.61 Å². The number of pyridine rings is 1. The molecule has 9 heteroatoms. The summed E-state index contributed by atoms with van der Waals surface area (Å²) in [4.78, 5) is 3.97. The van der Waals surface area contributed by atoms with Crippen molar-refractivity contribution in [1.82, 2.24) is 4.98 Å². The molecule has 36 heavy (non-hydrogen) atoms. The molecule has 1 aliphatic rings. The molecule has 0 fully saturated rings. The second kappa shape index (κ2) is 10.2. The number of hydrogen-bond acceptors (Lipinski definition) is 6. The van der Waals surface area contributed by atoms with Gasteiger partial charge in [-0.3, -0.25) is 0 Å². The van der Waals surface area contributed by atoms with E-state index in [1.165, 1.54) is 6.07 Å². The quantitative estimate of drug-likeness (QED) is 0.487. The lowest BCUT2D eigenvalue weighted by Crippen LogP contribution is -2.43. The number of benzene rings is 2. The van der Waals surface area contributed by atoms with Gasteiger partial charge in [0.15, 0.2) is 0 Å². The Bertz CT molecular complexity index is 1430. The Hall–Kier alpha value is -3.61. The highest BCUT2D eigenvalue weighted by Crippen LogP contribution is 2.42. The zero-order valence-corrected chi connectivity index (χ0v) is 20.7. The second-order valence-electron chi connectivity index (χ2n) is 9.18. The first-order valence-electron chi connectivity index (χ1n) is 11.5. The molecule has 0 bridgehead atoms. The van der Waals surface area contributed by atoms with Crippen LogP contribution in [0.3, 0.4) is 0 Å². The highest BCUT2D eigenvalue weighted by atomic mass is 32.2. The Kier molecular flexibility index (Phi) is 7.20. The lowest BCUT2D eigenvalue weighted by Gasteiger charge is -2.38. The van der Waals surface area contributed by atoms with Crippen LogP contribution in [-0.4, -0.2) is 36.6 Å². The summed E-state index contributed by atoms with van der Waals surface area (Å²) in [7, 11) is -4.02. The summed E-state index contributed by atoms with van der Waals surface area (Å²) in [5, 5.41) is 17.5. The number of aliphatic hydroxyl groups excluding tert-OH is 1. The van der Waals surface area contributed by atoms with Gasteiger partial charge in [-0.2, -0.15) is 5.26 Å². The number of rotatable bonds is 7. The molecule has 0 amide bonds. The van der Waals surface area contributed by atoms with Crippen LogP contribution in [-0.2, 0) is 14.8 Å². The summed E-state index contributed by atoms with van der Waals surface area (Å²) in [6.07, 6.45) is 1.82. The minimum Gasteiger partial charge on any atom is -0.472 e. The maximum atomic E-state index is 14.4. The van der Waals surface area contributed by atoms with Crippen LogP contribution in [0.15, 0.2) is 71.3 Å². The molecule has 2 atom stereocenters.